The van der Waals surface area contributed by atoms with Crippen LogP contribution in [0.4, 0.5) is 0 Å². The van der Waals surface area contributed by atoms with Crippen LogP contribution in [0.2, 0.25) is 0 Å². The maximum atomic E-state index is 5.86. The minimum atomic E-state index is 0.0565. The van der Waals surface area contributed by atoms with Crippen molar-refractivity contribution in [3.63, 3.8) is 0 Å². The molecule has 0 aromatic rings. The van der Waals surface area contributed by atoms with E-state index in [4.69, 9.17) is 5.73 Å². The van der Waals surface area contributed by atoms with Crippen LogP contribution in [0.5, 0.6) is 0 Å². The first kappa shape index (κ1) is 13.1. The molecule has 3 N–H and O–H groups in total. The van der Waals surface area contributed by atoms with Gasteiger partial charge in [-0.05, 0) is 25.8 Å². The number of nitrogens with zero attached hydrogens (tertiary/aromatic N) is 1. The predicted molar refractivity (Wildman–Crippen MR) is 69.5 cm³/mol. The van der Waals surface area contributed by atoms with Crippen LogP contribution in [-0.4, -0.2) is 17.2 Å². The number of nitrogens with one attached hydrogen (secondary N) is 1. The van der Waals surface area contributed by atoms with Crippen molar-refractivity contribution in [2.24, 2.45) is 5.73 Å². The lowest BCUT2D eigenvalue weighted by Gasteiger charge is -2.26. The average molecular weight is 223 g/mol. The van der Waals surface area contributed by atoms with Crippen molar-refractivity contribution in [1.82, 2.24) is 10.2 Å². The molecule has 0 aromatic carbocycles. The summed E-state index contributed by atoms with van der Waals surface area (Å²) in [6, 6.07) is 0. The molecule has 1 heterocycles. The van der Waals surface area contributed by atoms with Crippen LogP contribution in [0.15, 0.2) is 24.6 Å². The molecule has 2 unspecified atom stereocenters. The summed E-state index contributed by atoms with van der Waals surface area (Å²) >= 11 is 0. The summed E-state index contributed by atoms with van der Waals surface area (Å²) in [4.78, 5) is 2.11. The van der Waals surface area contributed by atoms with Gasteiger partial charge in [-0.15, -0.1) is 0 Å². The molecule has 0 aromatic heterocycles. The molecule has 0 bridgehead atoms. The van der Waals surface area contributed by atoms with Crippen LogP contribution in [0, 0.1) is 0 Å². The minimum Gasteiger partial charge on any atom is -0.367 e. The maximum Gasteiger partial charge on any atom is 0.119 e. The third-order valence-electron chi connectivity index (χ3n) is 2.85. The van der Waals surface area contributed by atoms with Gasteiger partial charge in [0, 0.05) is 12.4 Å². The summed E-state index contributed by atoms with van der Waals surface area (Å²) in [6.07, 6.45) is 15.2. The minimum absolute atomic E-state index is 0.0565. The molecule has 0 fully saturated rings. The summed E-state index contributed by atoms with van der Waals surface area (Å²) in [5.74, 6) is 0. The van der Waals surface area contributed by atoms with Gasteiger partial charge in [0.05, 0.1) is 6.17 Å². The Labute approximate surface area is 99.4 Å². The van der Waals surface area contributed by atoms with E-state index in [0.717, 1.165) is 0 Å². The van der Waals surface area contributed by atoms with Gasteiger partial charge in [-0.1, -0.05) is 32.3 Å². The van der Waals surface area contributed by atoms with Gasteiger partial charge in [0.2, 0.25) is 0 Å². The molecule has 2 atom stereocenters. The van der Waals surface area contributed by atoms with Gasteiger partial charge < -0.3 is 16.0 Å². The van der Waals surface area contributed by atoms with Gasteiger partial charge in [-0.25, -0.2) is 0 Å². The summed E-state index contributed by atoms with van der Waals surface area (Å²) in [7, 11) is 0. The molecule has 1 rings (SSSR count). The molecule has 1 aliphatic rings. The summed E-state index contributed by atoms with van der Waals surface area (Å²) < 4.78 is 0. The Morgan fingerprint density at radius 2 is 2.25 bits per heavy atom. The van der Waals surface area contributed by atoms with Crippen molar-refractivity contribution in [3.05, 3.63) is 24.6 Å². The quantitative estimate of drug-likeness (QED) is 0.515. The van der Waals surface area contributed by atoms with E-state index >= 15 is 0 Å². The summed E-state index contributed by atoms with van der Waals surface area (Å²) in [5.41, 5.74) is 5.86. The fraction of sp³-hybridized carbons (Fsp3) is 0.692. The van der Waals surface area contributed by atoms with Gasteiger partial charge in [-0.3, -0.25) is 0 Å². The second-order valence-electron chi connectivity index (χ2n) is 4.39. The Bertz CT molecular complexity index is 233. The van der Waals surface area contributed by atoms with Crippen molar-refractivity contribution in [3.8, 4) is 0 Å². The highest BCUT2D eigenvalue weighted by Gasteiger charge is 2.17. The second kappa shape index (κ2) is 7.34. The molecule has 92 valence electrons. The monoisotopic (exact) mass is 223 g/mol. The van der Waals surface area contributed by atoms with Crippen molar-refractivity contribution >= 4 is 0 Å². The van der Waals surface area contributed by atoms with Crippen LogP contribution in [0.25, 0.3) is 0 Å². The fourth-order valence-corrected chi connectivity index (χ4v) is 1.86. The van der Waals surface area contributed by atoms with E-state index in [1.165, 1.54) is 32.1 Å². The fourth-order valence-electron chi connectivity index (χ4n) is 1.86. The van der Waals surface area contributed by atoms with E-state index < -0.39 is 0 Å². The zero-order valence-electron chi connectivity index (χ0n) is 10.5. The smallest absolute Gasteiger partial charge is 0.119 e. The number of rotatable bonds is 7. The first-order valence-electron chi connectivity index (χ1n) is 6.38. The lowest BCUT2D eigenvalue weighted by atomic mass is 10.1. The zero-order chi connectivity index (χ0) is 11.8. The Kier molecular flexibility index (Phi) is 6.01. The van der Waals surface area contributed by atoms with Crippen LogP contribution in [0.1, 0.15) is 46.0 Å². The van der Waals surface area contributed by atoms with E-state index in [1.54, 1.807) is 0 Å². The second-order valence-corrected chi connectivity index (χ2v) is 4.39. The first-order chi connectivity index (χ1) is 7.75. The topological polar surface area (TPSA) is 41.3 Å². The number of unbranched alkanes of at least 4 members (excludes halogenated alkanes) is 4. The number of nitrogens with two attached hydrogens (primary N) is 1. The molecule has 0 aliphatic carbocycles. The summed E-state index contributed by atoms with van der Waals surface area (Å²) in [5, 5.41) is 3.27. The SMILES string of the molecule is CCCCCC/C=C/C1NC=CN1C(C)N. The number of hydrogen-bond acceptors (Lipinski definition) is 3. The van der Waals surface area contributed by atoms with E-state index in [2.05, 4.69) is 29.3 Å². The molecule has 0 saturated carbocycles. The lowest BCUT2D eigenvalue weighted by molar-refractivity contribution is 0.259. The normalized spacial score (nSPS) is 21.7. The molecule has 0 spiro atoms. The Morgan fingerprint density at radius 3 is 2.94 bits per heavy atom. The van der Waals surface area contributed by atoms with E-state index in [9.17, 15) is 0 Å². The Morgan fingerprint density at radius 1 is 1.44 bits per heavy atom. The first-order valence-corrected chi connectivity index (χ1v) is 6.38. The highest BCUT2D eigenvalue weighted by molar-refractivity contribution is 5.05. The van der Waals surface area contributed by atoms with Gasteiger partial charge in [0.1, 0.15) is 6.17 Å². The molecule has 0 amide bonds. The Balaban J connectivity index is 2.18. The third kappa shape index (κ3) is 4.27. The Hall–Kier alpha value is -0.960. The molecular weight excluding hydrogens is 198 g/mol. The van der Waals surface area contributed by atoms with E-state index in [-0.39, 0.29) is 12.3 Å². The van der Waals surface area contributed by atoms with Crippen LogP contribution < -0.4 is 11.1 Å². The van der Waals surface area contributed by atoms with Gasteiger partial charge in [0.15, 0.2) is 0 Å². The maximum absolute atomic E-state index is 5.86. The molecule has 0 saturated heterocycles. The highest BCUT2D eigenvalue weighted by Crippen LogP contribution is 2.09. The van der Waals surface area contributed by atoms with Crippen LogP contribution >= 0.6 is 0 Å². The molecule has 3 nitrogen and oxygen atoms in total. The van der Waals surface area contributed by atoms with Gasteiger partial charge in [-0.2, -0.15) is 0 Å². The van der Waals surface area contributed by atoms with Crippen LogP contribution in [-0.2, 0) is 0 Å². The van der Waals surface area contributed by atoms with E-state index in [0.29, 0.717) is 0 Å². The molecule has 1 aliphatic heterocycles. The van der Waals surface area contributed by atoms with Crippen LogP contribution in [0.3, 0.4) is 0 Å². The van der Waals surface area contributed by atoms with Crippen molar-refractivity contribution in [1.29, 1.82) is 0 Å². The zero-order valence-corrected chi connectivity index (χ0v) is 10.5. The van der Waals surface area contributed by atoms with Crippen molar-refractivity contribution in [2.45, 2.75) is 58.3 Å². The van der Waals surface area contributed by atoms with Gasteiger partial charge >= 0.3 is 0 Å². The standard InChI is InChI=1S/C13H25N3/c1-3-4-5-6-7-8-9-13-15-10-11-16(13)12(2)14/h8-13,15H,3-7,14H2,1-2H3/b9-8+. The van der Waals surface area contributed by atoms with Crippen molar-refractivity contribution in [2.75, 3.05) is 0 Å². The third-order valence-corrected chi connectivity index (χ3v) is 2.85. The number of allylic oxidation sites excluding steroid dienone is 1. The van der Waals surface area contributed by atoms with Crippen molar-refractivity contribution < 1.29 is 0 Å². The predicted octanol–water partition coefficient (Wildman–Crippen LogP) is 2.52. The number of hydrogen-bond donors (Lipinski definition) is 2. The molecule has 0 radical (unpaired) electrons. The molecular formula is C13H25N3. The van der Waals surface area contributed by atoms with Gasteiger partial charge in [0.25, 0.3) is 0 Å². The highest BCUT2D eigenvalue weighted by atomic mass is 15.3. The largest absolute Gasteiger partial charge is 0.367 e. The average Bonchev–Trinajstić information content (AvgIpc) is 2.71. The molecule has 3 heteroatoms. The summed E-state index contributed by atoms with van der Waals surface area (Å²) in [6.45, 7) is 4.24. The van der Waals surface area contributed by atoms with E-state index in [1.807, 2.05) is 19.3 Å². The lowest BCUT2D eigenvalue weighted by Crippen LogP contribution is -2.43. The molecule has 16 heavy (non-hydrogen) atoms.